The minimum atomic E-state index is -1.71. The van der Waals surface area contributed by atoms with Gasteiger partial charge in [0, 0.05) is 12.0 Å². The standard InChI is InChI=1S/C12H13F3N2O2/c13-7-3-6(8(14)10(18)9(7)15)11(19)17-5-12(4-16)1-2-12/h3,18H,1-2,4-5,16H2,(H,17,19). The first-order valence-electron chi connectivity index (χ1n) is 5.75. The topological polar surface area (TPSA) is 75.3 Å². The Morgan fingerprint density at radius 3 is 2.53 bits per heavy atom. The molecular weight excluding hydrogens is 261 g/mol. The molecule has 1 saturated carbocycles. The summed E-state index contributed by atoms with van der Waals surface area (Å²) in [6.45, 7) is 0.625. The monoisotopic (exact) mass is 274 g/mol. The fraction of sp³-hybridized carbons (Fsp3) is 0.417. The van der Waals surface area contributed by atoms with E-state index in [1.165, 1.54) is 0 Å². The summed E-state index contributed by atoms with van der Waals surface area (Å²) in [5.41, 5.74) is 4.61. The maximum Gasteiger partial charge on any atom is 0.254 e. The van der Waals surface area contributed by atoms with Crippen LogP contribution in [-0.4, -0.2) is 24.1 Å². The second kappa shape index (κ2) is 4.73. The van der Waals surface area contributed by atoms with E-state index in [2.05, 4.69) is 5.32 Å². The fourth-order valence-corrected chi connectivity index (χ4v) is 1.75. The van der Waals surface area contributed by atoms with Gasteiger partial charge in [-0.15, -0.1) is 0 Å². The van der Waals surface area contributed by atoms with Gasteiger partial charge in [-0.2, -0.15) is 4.39 Å². The Labute approximate surface area is 107 Å². The number of carbonyl (C=O) groups is 1. The number of benzene rings is 1. The lowest BCUT2D eigenvalue weighted by Crippen LogP contribution is -2.34. The number of hydrogen-bond donors (Lipinski definition) is 3. The van der Waals surface area contributed by atoms with Crippen LogP contribution in [0.25, 0.3) is 0 Å². The number of halogens is 3. The van der Waals surface area contributed by atoms with Gasteiger partial charge in [0.15, 0.2) is 17.4 Å². The van der Waals surface area contributed by atoms with Gasteiger partial charge < -0.3 is 16.2 Å². The molecular formula is C12H13F3N2O2. The van der Waals surface area contributed by atoms with Crippen molar-refractivity contribution in [1.29, 1.82) is 0 Å². The van der Waals surface area contributed by atoms with Crippen LogP contribution in [-0.2, 0) is 0 Å². The molecule has 1 aromatic carbocycles. The molecule has 1 aliphatic carbocycles. The SMILES string of the molecule is NCC1(CNC(=O)c2cc(F)c(F)c(O)c2F)CC1. The number of rotatable bonds is 4. The Hall–Kier alpha value is -1.76. The Morgan fingerprint density at radius 1 is 1.37 bits per heavy atom. The van der Waals surface area contributed by atoms with Gasteiger partial charge in [0.2, 0.25) is 5.82 Å². The van der Waals surface area contributed by atoms with Crippen LogP contribution in [0.1, 0.15) is 23.2 Å². The molecule has 1 aliphatic rings. The van der Waals surface area contributed by atoms with E-state index in [0.29, 0.717) is 12.6 Å². The van der Waals surface area contributed by atoms with Crippen molar-refractivity contribution < 1.29 is 23.1 Å². The van der Waals surface area contributed by atoms with Crippen LogP contribution < -0.4 is 11.1 Å². The Balaban J connectivity index is 2.15. The first kappa shape index (κ1) is 13.7. The number of aromatic hydroxyl groups is 1. The Bertz CT molecular complexity index is 530. The van der Waals surface area contributed by atoms with Gasteiger partial charge in [0.1, 0.15) is 0 Å². The highest BCUT2D eigenvalue weighted by molar-refractivity contribution is 5.95. The molecule has 0 aromatic heterocycles. The van der Waals surface area contributed by atoms with Crippen molar-refractivity contribution in [1.82, 2.24) is 5.32 Å². The molecule has 4 N–H and O–H groups in total. The van der Waals surface area contributed by atoms with Crippen molar-refractivity contribution in [3.63, 3.8) is 0 Å². The second-order valence-corrected chi connectivity index (χ2v) is 4.77. The van der Waals surface area contributed by atoms with Crippen LogP contribution in [0.3, 0.4) is 0 Å². The van der Waals surface area contributed by atoms with Gasteiger partial charge in [-0.3, -0.25) is 4.79 Å². The molecule has 4 nitrogen and oxygen atoms in total. The van der Waals surface area contributed by atoms with Crippen LogP contribution in [0.2, 0.25) is 0 Å². The van der Waals surface area contributed by atoms with E-state index in [0.717, 1.165) is 12.8 Å². The zero-order valence-corrected chi connectivity index (χ0v) is 9.97. The van der Waals surface area contributed by atoms with Gasteiger partial charge in [0.25, 0.3) is 5.91 Å². The van der Waals surface area contributed by atoms with Crippen molar-refractivity contribution in [2.45, 2.75) is 12.8 Å². The number of nitrogens with two attached hydrogens (primary N) is 1. The van der Waals surface area contributed by atoms with Gasteiger partial charge in [-0.05, 0) is 25.5 Å². The molecule has 0 bridgehead atoms. The van der Waals surface area contributed by atoms with Crippen molar-refractivity contribution >= 4 is 5.91 Å². The molecule has 0 saturated heterocycles. The summed E-state index contributed by atoms with van der Waals surface area (Å²) in [5.74, 6) is -7.08. The predicted molar refractivity (Wildman–Crippen MR) is 61.0 cm³/mol. The lowest BCUT2D eigenvalue weighted by atomic mass is 10.1. The number of phenolic OH excluding ortho intramolecular Hbond substituents is 1. The van der Waals surface area contributed by atoms with Crippen molar-refractivity contribution in [2.75, 3.05) is 13.1 Å². The average molecular weight is 274 g/mol. The molecule has 7 heteroatoms. The normalized spacial score (nSPS) is 16.2. The molecule has 104 valence electrons. The Morgan fingerprint density at radius 2 is 2.00 bits per heavy atom. The summed E-state index contributed by atoms with van der Waals surface area (Å²) in [4.78, 5) is 11.7. The van der Waals surface area contributed by atoms with Crippen molar-refractivity contribution in [3.05, 3.63) is 29.1 Å². The minimum absolute atomic E-state index is 0.174. The zero-order valence-electron chi connectivity index (χ0n) is 9.97. The molecule has 19 heavy (non-hydrogen) atoms. The van der Waals surface area contributed by atoms with E-state index in [4.69, 9.17) is 10.8 Å². The largest absolute Gasteiger partial charge is 0.503 e. The van der Waals surface area contributed by atoms with Gasteiger partial charge >= 0.3 is 0 Å². The molecule has 2 rings (SSSR count). The maximum atomic E-state index is 13.5. The number of amides is 1. The van der Waals surface area contributed by atoms with Gasteiger partial charge in [0.05, 0.1) is 5.56 Å². The summed E-state index contributed by atoms with van der Waals surface area (Å²) >= 11 is 0. The molecule has 0 atom stereocenters. The smallest absolute Gasteiger partial charge is 0.254 e. The minimum Gasteiger partial charge on any atom is -0.503 e. The van der Waals surface area contributed by atoms with E-state index >= 15 is 0 Å². The number of hydrogen-bond acceptors (Lipinski definition) is 3. The predicted octanol–water partition coefficient (Wildman–Crippen LogP) is 1.28. The van der Waals surface area contributed by atoms with Crippen molar-refractivity contribution in [3.8, 4) is 5.75 Å². The quantitative estimate of drug-likeness (QED) is 0.724. The van der Waals surface area contributed by atoms with Crippen LogP contribution >= 0.6 is 0 Å². The van der Waals surface area contributed by atoms with Gasteiger partial charge in [-0.25, -0.2) is 8.78 Å². The summed E-state index contributed by atoms with van der Waals surface area (Å²) in [6.07, 6.45) is 1.71. The summed E-state index contributed by atoms with van der Waals surface area (Å²) in [5, 5.41) is 11.4. The fourth-order valence-electron chi connectivity index (χ4n) is 1.75. The van der Waals surface area contributed by atoms with E-state index in [1.54, 1.807) is 0 Å². The molecule has 1 fully saturated rings. The Kier molecular flexibility index (Phi) is 3.40. The summed E-state index contributed by atoms with van der Waals surface area (Å²) < 4.78 is 39.4. The maximum absolute atomic E-state index is 13.5. The molecule has 1 aromatic rings. The zero-order chi connectivity index (χ0) is 14.2. The van der Waals surface area contributed by atoms with Crippen molar-refractivity contribution in [2.24, 2.45) is 11.1 Å². The van der Waals surface area contributed by atoms with E-state index in [-0.39, 0.29) is 12.0 Å². The summed E-state index contributed by atoms with van der Waals surface area (Å²) in [7, 11) is 0. The van der Waals surface area contributed by atoms with E-state index < -0.39 is 34.7 Å². The highest BCUT2D eigenvalue weighted by Gasteiger charge is 2.41. The molecule has 1 amide bonds. The third kappa shape index (κ3) is 2.51. The average Bonchev–Trinajstić information content (AvgIpc) is 3.18. The van der Waals surface area contributed by atoms with Crippen LogP contribution in [0.4, 0.5) is 13.2 Å². The first-order chi connectivity index (χ1) is 8.90. The molecule has 0 unspecified atom stereocenters. The van der Waals surface area contributed by atoms with Crippen LogP contribution in [0.5, 0.6) is 5.75 Å². The highest BCUT2D eigenvalue weighted by Crippen LogP contribution is 2.43. The molecule has 0 aliphatic heterocycles. The highest BCUT2D eigenvalue weighted by atomic mass is 19.2. The third-order valence-electron chi connectivity index (χ3n) is 3.39. The third-order valence-corrected chi connectivity index (χ3v) is 3.39. The number of nitrogens with one attached hydrogen (secondary N) is 1. The van der Waals surface area contributed by atoms with E-state index in [1.807, 2.05) is 0 Å². The molecule has 0 heterocycles. The lowest BCUT2D eigenvalue weighted by Gasteiger charge is -2.14. The number of phenols is 1. The van der Waals surface area contributed by atoms with Crippen LogP contribution in [0.15, 0.2) is 6.07 Å². The van der Waals surface area contributed by atoms with E-state index in [9.17, 15) is 18.0 Å². The van der Waals surface area contributed by atoms with Crippen LogP contribution in [0, 0.1) is 22.9 Å². The first-order valence-corrected chi connectivity index (χ1v) is 5.75. The van der Waals surface area contributed by atoms with Gasteiger partial charge in [-0.1, -0.05) is 0 Å². The lowest BCUT2D eigenvalue weighted by molar-refractivity contribution is 0.0939. The summed E-state index contributed by atoms with van der Waals surface area (Å²) in [6, 6.07) is 0.418. The molecule has 0 radical (unpaired) electrons. The molecule has 0 spiro atoms. The number of carbonyl (C=O) groups excluding carboxylic acids is 1. The second-order valence-electron chi connectivity index (χ2n) is 4.77.